The van der Waals surface area contributed by atoms with Gasteiger partial charge in [-0.3, -0.25) is 4.79 Å². The highest BCUT2D eigenvalue weighted by molar-refractivity contribution is 6.32. The lowest BCUT2D eigenvalue weighted by atomic mass is 9.76. The molecule has 1 aliphatic heterocycles. The number of carbonyl (C=O) groups excluding carboxylic acids is 1. The summed E-state index contributed by atoms with van der Waals surface area (Å²) in [6, 6.07) is 4.05. The van der Waals surface area contributed by atoms with E-state index in [4.69, 9.17) is 20.8 Å². The van der Waals surface area contributed by atoms with Crippen LogP contribution in [0.3, 0.4) is 0 Å². The van der Waals surface area contributed by atoms with Crippen LogP contribution in [0, 0.1) is 12.8 Å². The van der Waals surface area contributed by atoms with Gasteiger partial charge in [-0.2, -0.15) is 0 Å². The van der Waals surface area contributed by atoms with Gasteiger partial charge in [-0.1, -0.05) is 11.6 Å². The molecule has 1 saturated carbocycles. The molecule has 3 atom stereocenters. The minimum absolute atomic E-state index is 0.0368. The SMILES string of the molecule is Cc1cc2occ(CC(=O)N[C@H]3C[C@@H]4OCC[C@H]34)c2cc1Cl. The van der Waals surface area contributed by atoms with Crippen LogP contribution in [0.1, 0.15) is 24.0 Å². The van der Waals surface area contributed by atoms with Gasteiger partial charge >= 0.3 is 0 Å². The van der Waals surface area contributed by atoms with E-state index in [2.05, 4.69) is 5.32 Å². The van der Waals surface area contributed by atoms with Crippen molar-refractivity contribution in [1.82, 2.24) is 5.32 Å². The molecule has 1 aromatic carbocycles. The van der Waals surface area contributed by atoms with Crippen molar-refractivity contribution >= 4 is 28.5 Å². The molecule has 2 heterocycles. The maximum absolute atomic E-state index is 12.3. The number of fused-ring (bicyclic) bond motifs is 2. The van der Waals surface area contributed by atoms with Crippen molar-refractivity contribution in [1.29, 1.82) is 0 Å². The van der Waals surface area contributed by atoms with E-state index in [1.807, 2.05) is 19.1 Å². The third kappa shape index (κ3) is 2.31. The zero-order valence-electron chi connectivity index (χ0n) is 12.4. The largest absolute Gasteiger partial charge is 0.464 e. The van der Waals surface area contributed by atoms with Gasteiger partial charge in [-0.15, -0.1) is 0 Å². The Morgan fingerprint density at radius 3 is 3.14 bits per heavy atom. The van der Waals surface area contributed by atoms with Crippen LogP contribution in [-0.2, 0) is 16.0 Å². The molecule has 116 valence electrons. The lowest BCUT2D eigenvalue weighted by Crippen LogP contribution is -2.53. The molecule has 1 aromatic heterocycles. The Morgan fingerprint density at radius 2 is 2.32 bits per heavy atom. The molecule has 0 unspecified atom stereocenters. The Bertz CT molecular complexity index is 739. The van der Waals surface area contributed by atoms with Crippen molar-refractivity contribution in [2.45, 2.75) is 38.3 Å². The molecule has 2 aliphatic rings. The molecular weight excluding hydrogens is 302 g/mol. The van der Waals surface area contributed by atoms with E-state index >= 15 is 0 Å². The molecule has 1 amide bonds. The number of amides is 1. The second kappa shape index (κ2) is 5.28. The third-order valence-corrected chi connectivity index (χ3v) is 5.30. The first-order chi connectivity index (χ1) is 10.6. The van der Waals surface area contributed by atoms with Crippen LogP contribution >= 0.6 is 11.6 Å². The first-order valence-electron chi connectivity index (χ1n) is 7.69. The Kier molecular flexibility index (Phi) is 3.39. The molecular formula is C17H18ClNO3. The Morgan fingerprint density at radius 1 is 1.45 bits per heavy atom. The third-order valence-electron chi connectivity index (χ3n) is 4.90. The Hall–Kier alpha value is -1.52. The van der Waals surface area contributed by atoms with Gasteiger partial charge in [0.25, 0.3) is 0 Å². The zero-order valence-corrected chi connectivity index (χ0v) is 13.2. The smallest absolute Gasteiger partial charge is 0.224 e. The standard InChI is InChI=1S/C17H18ClNO3/c1-9-4-15-12(6-13(9)18)10(8-22-15)5-17(20)19-14-7-16-11(14)2-3-21-16/h4,6,8,11,14,16H,2-3,5,7H2,1H3,(H,19,20)/t11-,14+,16+/m1/s1. The summed E-state index contributed by atoms with van der Waals surface area (Å²) in [5.74, 6) is 0.539. The van der Waals surface area contributed by atoms with E-state index in [1.54, 1.807) is 6.26 Å². The van der Waals surface area contributed by atoms with Gasteiger partial charge in [-0.25, -0.2) is 0 Å². The number of hydrogen-bond acceptors (Lipinski definition) is 3. The van der Waals surface area contributed by atoms with Crippen LogP contribution in [0.25, 0.3) is 11.0 Å². The maximum Gasteiger partial charge on any atom is 0.224 e. The molecule has 5 heteroatoms. The summed E-state index contributed by atoms with van der Waals surface area (Å²) in [7, 11) is 0. The van der Waals surface area contributed by atoms with Crippen LogP contribution in [0.15, 0.2) is 22.8 Å². The number of hydrogen-bond donors (Lipinski definition) is 1. The molecule has 4 nitrogen and oxygen atoms in total. The Balaban J connectivity index is 1.46. The maximum atomic E-state index is 12.3. The normalized spacial score (nSPS) is 26.7. The number of halogens is 1. The van der Waals surface area contributed by atoms with E-state index in [0.717, 1.165) is 41.5 Å². The van der Waals surface area contributed by atoms with Crippen molar-refractivity contribution in [3.63, 3.8) is 0 Å². The van der Waals surface area contributed by atoms with Crippen LogP contribution in [0.4, 0.5) is 0 Å². The topological polar surface area (TPSA) is 51.5 Å². The molecule has 1 N–H and O–H groups in total. The first-order valence-corrected chi connectivity index (χ1v) is 8.07. The number of ether oxygens (including phenoxy) is 1. The van der Waals surface area contributed by atoms with Crippen molar-refractivity contribution in [3.05, 3.63) is 34.5 Å². The summed E-state index contributed by atoms with van der Waals surface area (Å²) < 4.78 is 11.1. The number of benzene rings is 1. The Labute approximate surface area is 133 Å². The lowest BCUT2D eigenvalue weighted by Gasteiger charge is -2.39. The number of carbonyl (C=O) groups is 1. The predicted octanol–water partition coefficient (Wildman–Crippen LogP) is 3.23. The van der Waals surface area contributed by atoms with Crippen LogP contribution in [0.5, 0.6) is 0 Å². The highest BCUT2D eigenvalue weighted by Gasteiger charge is 2.45. The van der Waals surface area contributed by atoms with E-state index in [1.165, 1.54) is 0 Å². The van der Waals surface area contributed by atoms with E-state index in [9.17, 15) is 4.79 Å². The fraction of sp³-hybridized carbons (Fsp3) is 0.471. The summed E-state index contributed by atoms with van der Waals surface area (Å²) in [5.41, 5.74) is 2.63. The van der Waals surface area contributed by atoms with Crippen LogP contribution in [0.2, 0.25) is 5.02 Å². The number of aryl methyl sites for hydroxylation is 1. The van der Waals surface area contributed by atoms with Gasteiger partial charge in [0.1, 0.15) is 5.58 Å². The molecule has 0 bridgehead atoms. The molecule has 0 radical (unpaired) electrons. The quantitative estimate of drug-likeness (QED) is 0.945. The van der Waals surface area contributed by atoms with Gasteiger partial charge in [0, 0.05) is 34.5 Å². The zero-order chi connectivity index (χ0) is 15.3. The minimum Gasteiger partial charge on any atom is -0.464 e. The highest BCUT2D eigenvalue weighted by atomic mass is 35.5. The van der Waals surface area contributed by atoms with Crippen molar-refractivity contribution in [2.75, 3.05) is 6.61 Å². The molecule has 1 saturated heterocycles. The highest BCUT2D eigenvalue weighted by Crippen LogP contribution is 2.38. The molecule has 22 heavy (non-hydrogen) atoms. The lowest BCUT2D eigenvalue weighted by molar-refractivity contribution is -0.123. The summed E-state index contributed by atoms with van der Waals surface area (Å²) in [6.07, 6.45) is 4.33. The second-order valence-corrected chi connectivity index (χ2v) is 6.71. The summed E-state index contributed by atoms with van der Waals surface area (Å²) in [6.45, 7) is 2.76. The van der Waals surface area contributed by atoms with Gasteiger partial charge in [0.05, 0.1) is 18.8 Å². The fourth-order valence-corrected chi connectivity index (χ4v) is 3.70. The van der Waals surface area contributed by atoms with Crippen molar-refractivity contribution in [3.8, 4) is 0 Å². The van der Waals surface area contributed by atoms with Crippen molar-refractivity contribution in [2.24, 2.45) is 5.92 Å². The fourth-order valence-electron chi connectivity index (χ4n) is 3.53. The van der Waals surface area contributed by atoms with Gasteiger partial charge in [0.2, 0.25) is 5.91 Å². The van der Waals surface area contributed by atoms with Crippen molar-refractivity contribution < 1.29 is 13.9 Å². The van der Waals surface area contributed by atoms with Crippen LogP contribution < -0.4 is 5.32 Å². The van der Waals surface area contributed by atoms with Gasteiger partial charge in [-0.05, 0) is 37.5 Å². The number of furan rings is 1. The molecule has 0 spiro atoms. The second-order valence-electron chi connectivity index (χ2n) is 6.31. The molecule has 1 aliphatic carbocycles. The number of rotatable bonds is 3. The average molecular weight is 320 g/mol. The van der Waals surface area contributed by atoms with Gasteiger partial charge in [0.15, 0.2) is 0 Å². The minimum atomic E-state index is 0.0368. The molecule has 2 fully saturated rings. The van der Waals surface area contributed by atoms with E-state index in [-0.39, 0.29) is 11.9 Å². The van der Waals surface area contributed by atoms with Crippen LogP contribution in [-0.4, -0.2) is 24.7 Å². The number of nitrogens with one attached hydrogen (secondary N) is 1. The van der Waals surface area contributed by atoms with Gasteiger partial charge < -0.3 is 14.5 Å². The summed E-state index contributed by atoms with van der Waals surface area (Å²) in [5, 5.41) is 4.74. The predicted molar refractivity (Wildman–Crippen MR) is 84.1 cm³/mol. The molecule has 2 aromatic rings. The molecule has 4 rings (SSSR count). The van der Waals surface area contributed by atoms with E-state index < -0.39 is 0 Å². The van der Waals surface area contributed by atoms with E-state index in [0.29, 0.717) is 23.5 Å². The average Bonchev–Trinajstić information content (AvgIpc) is 3.02. The first kappa shape index (κ1) is 14.1. The summed E-state index contributed by atoms with van der Waals surface area (Å²) >= 11 is 6.17. The summed E-state index contributed by atoms with van der Waals surface area (Å²) in [4.78, 5) is 12.3. The monoisotopic (exact) mass is 319 g/mol.